The van der Waals surface area contributed by atoms with Gasteiger partial charge in [0.2, 0.25) is 15.9 Å². The second-order valence-corrected chi connectivity index (χ2v) is 9.15. The molecule has 4 rings (SSSR count). The third-order valence-electron chi connectivity index (χ3n) is 5.39. The maximum atomic E-state index is 13.3. The lowest BCUT2D eigenvalue weighted by molar-refractivity contribution is 0.0918. The number of aryl methyl sites for hydroxylation is 3. The Morgan fingerprint density at radius 1 is 1.15 bits per heavy atom. The Morgan fingerprint density at radius 3 is 2.38 bits per heavy atom. The Labute approximate surface area is 153 Å². The maximum Gasteiger partial charge on any atom is 0.247 e. The van der Waals surface area contributed by atoms with Crippen molar-refractivity contribution in [2.75, 3.05) is 0 Å². The maximum absolute atomic E-state index is 13.3. The van der Waals surface area contributed by atoms with E-state index in [9.17, 15) is 8.42 Å². The number of aromatic amines is 1. The molecule has 7 nitrogen and oxygen atoms in total. The van der Waals surface area contributed by atoms with Crippen LogP contribution in [0.2, 0.25) is 0 Å². The number of rotatable bonds is 4. The van der Waals surface area contributed by atoms with E-state index in [1.165, 1.54) is 0 Å². The Morgan fingerprint density at radius 2 is 1.85 bits per heavy atom. The van der Waals surface area contributed by atoms with Gasteiger partial charge in [0.25, 0.3) is 0 Å². The van der Waals surface area contributed by atoms with Crippen molar-refractivity contribution in [3.63, 3.8) is 0 Å². The van der Waals surface area contributed by atoms with Crippen molar-refractivity contribution in [1.82, 2.24) is 19.5 Å². The second-order valence-electron chi connectivity index (χ2n) is 7.37. The summed E-state index contributed by atoms with van der Waals surface area (Å²) in [5.74, 6) is 0.609. The largest absolute Gasteiger partial charge is 0.474 e. The number of fused-ring (bicyclic) bond motifs is 2. The Kier molecular flexibility index (Phi) is 4.27. The molecule has 3 atom stereocenters. The minimum absolute atomic E-state index is 0.000648. The minimum Gasteiger partial charge on any atom is -0.474 e. The molecule has 2 bridgehead atoms. The van der Waals surface area contributed by atoms with E-state index in [0.29, 0.717) is 35.0 Å². The Balaban J connectivity index is 1.55. The standard InChI is InChI=1S/C18H24N4O3S/c1-11-4-7-17(19-10-11)25-16-8-14-5-6-15(9-16)22(14)26(23,24)18-12(2)20-21-13(18)3/h4,7,10,14-16H,5-6,8-9H2,1-3H3,(H,20,21)/t14-,15+,16?. The van der Waals surface area contributed by atoms with Gasteiger partial charge >= 0.3 is 0 Å². The van der Waals surface area contributed by atoms with E-state index in [4.69, 9.17) is 4.74 Å². The van der Waals surface area contributed by atoms with Crippen LogP contribution >= 0.6 is 0 Å². The van der Waals surface area contributed by atoms with Gasteiger partial charge in [0, 0.05) is 37.2 Å². The van der Waals surface area contributed by atoms with Crippen LogP contribution < -0.4 is 4.74 Å². The van der Waals surface area contributed by atoms with Gasteiger partial charge in [-0.05, 0) is 39.2 Å². The van der Waals surface area contributed by atoms with Crippen LogP contribution in [0, 0.1) is 20.8 Å². The van der Waals surface area contributed by atoms with Gasteiger partial charge in [-0.15, -0.1) is 0 Å². The van der Waals surface area contributed by atoms with Crippen LogP contribution in [0.1, 0.15) is 42.6 Å². The SMILES string of the molecule is Cc1ccc(OC2C[C@H]3CC[C@@H](C2)N3S(=O)(=O)c2c(C)n[nH]c2C)nc1. The van der Waals surface area contributed by atoms with Crippen LogP contribution in [-0.2, 0) is 10.0 Å². The van der Waals surface area contributed by atoms with Gasteiger partial charge in [-0.1, -0.05) is 6.07 Å². The van der Waals surface area contributed by atoms with Gasteiger partial charge in [0.1, 0.15) is 11.0 Å². The molecule has 2 aliphatic rings. The zero-order valence-corrected chi connectivity index (χ0v) is 16.1. The summed E-state index contributed by atoms with van der Waals surface area (Å²) < 4.78 is 34.3. The number of aromatic nitrogens is 3. The molecule has 2 aliphatic heterocycles. The van der Waals surface area contributed by atoms with E-state index < -0.39 is 10.0 Å². The highest BCUT2D eigenvalue weighted by Crippen LogP contribution is 2.41. The van der Waals surface area contributed by atoms with Crippen LogP contribution in [-0.4, -0.2) is 46.1 Å². The molecule has 26 heavy (non-hydrogen) atoms. The van der Waals surface area contributed by atoms with Crippen LogP contribution in [0.4, 0.5) is 0 Å². The lowest BCUT2D eigenvalue weighted by atomic mass is 10.0. The van der Waals surface area contributed by atoms with E-state index in [1.54, 1.807) is 24.3 Å². The number of hydrogen-bond acceptors (Lipinski definition) is 5. The molecule has 2 saturated heterocycles. The van der Waals surface area contributed by atoms with Crippen LogP contribution in [0.5, 0.6) is 5.88 Å². The third-order valence-corrected chi connectivity index (χ3v) is 7.66. The van der Waals surface area contributed by atoms with Crippen molar-refractivity contribution in [2.45, 2.75) is 69.5 Å². The molecule has 0 saturated carbocycles. The molecule has 1 N–H and O–H groups in total. The minimum atomic E-state index is -3.55. The molecular weight excluding hydrogens is 352 g/mol. The highest BCUT2D eigenvalue weighted by atomic mass is 32.2. The predicted octanol–water partition coefficient (Wildman–Crippen LogP) is 2.49. The van der Waals surface area contributed by atoms with Crippen molar-refractivity contribution in [3.05, 3.63) is 35.3 Å². The van der Waals surface area contributed by atoms with Gasteiger partial charge in [-0.25, -0.2) is 13.4 Å². The lowest BCUT2D eigenvalue weighted by Crippen LogP contribution is -2.49. The molecule has 0 amide bonds. The van der Waals surface area contributed by atoms with Crippen LogP contribution in [0.15, 0.2) is 23.2 Å². The number of sulfonamides is 1. The molecule has 1 unspecified atom stereocenters. The summed E-state index contributed by atoms with van der Waals surface area (Å²) >= 11 is 0. The fourth-order valence-corrected chi connectivity index (χ4v) is 6.52. The smallest absolute Gasteiger partial charge is 0.247 e. The summed E-state index contributed by atoms with van der Waals surface area (Å²) in [7, 11) is -3.55. The highest BCUT2D eigenvalue weighted by molar-refractivity contribution is 7.89. The van der Waals surface area contributed by atoms with Gasteiger partial charge < -0.3 is 4.74 Å². The van der Waals surface area contributed by atoms with Gasteiger partial charge in [-0.2, -0.15) is 9.40 Å². The summed E-state index contributed by atoms with van der Waals surface area (Å²) in [4.78, 5) is 4.64. The van der Waals surface area contributed by atoms with Gasteiger partial charge in [0.05, 0.1) is 11.4 Å². The molecule has 4 heterocycles. The van der Waals surface area contributed by atoms with Crippen molar-refractivity contribution in [1.29, 1.82) is 0 Å². The van der Waals surface area contributed by atoms with Crippen molar-refractivity contribution >= 4 is 10.0 Å². The fourth-order valence-electron chi connectivity index (χ4n) is 4.29. The Hall–Kier alpha value is -1.93. The molecule has 2 aromatic rings. The molecule has 2 aromatic heterocycles. The average Bonchev–Trinajstić information content (AvgIpc) is 3.07. The lowest BCUT2D eigenvalue weighted by Gasteiger charge is -2.37. The molecule has 2 fully saturated rings. The molecule has 140 valence electrons. The van der Waals surface area contributed by atoms with Crippen LogP contribution in [0.25, 0.3) is 0 Å². The highest BCUT2D eigenvalue weighted by Gasteiger charge is 2.49. The average molecular weight is 376 g/mol. The molecule has 8 heteroatoms. The van der Waals surface area contributed by atoms with E-state index >= 15 is 0 Å². The topological polar surface area (TPSA) is 88.2 Å². The summed E-state index contributed by atoms with van der Waals surface area (Å²) in [6.07, 6.45) is 4.93. The van der Waals surface area contributed by atoms with Crippen molar-refractivity contribution < 1.29 is 13.2 Å². The number of pyridine rings is 1. The monoisotopic (exact) mass is 376 g/mol. The summed E-state index contributed by atoms with van der Waals surface area (Å²) in [6.45, 7) is 5.48. The summed E-state index contributed by atoms with van der Waals surface area (Å²) in [5.41, 5.74) is 2.22. The quantitative estimate of drug-likeness (QED) is 0.886. The third kappa shape index (κ3) is 2.91. The van der Waals surface area contributed by atoms with Crippen LogP contribution in [0.3, 0.4) is 0 Å². The van der Waals surface area contributed by atoms with E-state index in [2.05, 4.69) is 15.2 Å². The summed E-state index contributed by atoms with van der Waals surface area (Å²) in [6, 6.07) is 3.80. The first-order chi connectivity index (χ1) is 12.4. The predicted molar refractivity (Wildman–Crippen MR) is 96.5 cm³/mol. The molecule has 0 aromatic carbocycles. The normalized spacial score (nSPS) is 26.2. The number of piperidine rings is 1. The zero-order valence-electron chi connectivity index (χ0n) is 15.3. The van der Waals surface area contributed by atoms with Gasteiger partial charge in [-0.3, -0.25) is 5.10 Å². The first-order valence-corrected chi connectivity index (χ1v) is 10.4. The number of nitrogens with zero attached hydrogens (tertiary/aromatic N) is 3. The van der Waals surface area contributed by atoms with E-state index in [1.807, 2.05) is 19.1 Å². The fraction of sp³-hybridized carbons (Fsp3) is 0.556. The molecule has 0 aliphatic carbocycles. The summed E-state index contributed by atoms with van der Waals surface area (Å²) in [5, 5.41) is 6.85. The molecular formula is C18H24N4O3S. The number of H-pyrrole nitrogens is 1. The van der Waals surface area contributed by atoms with Crippen molar-refractivity contribution in [2.24, 2.45) is 0 Å². The first-order valence-electron chi connectivity index (χ1n) is 9.00. The number of ether oxygens (including phenoxy) is 1. The van der Waals surface area contributed by atoms with Gasteiger partial charge in [0.15, 0.2) is 0 Å². The molecule has 0 spiro atoms. The van der Waals surface area contributed by atoms with E-state index in [-0.39, 0.29) is 18.2 Å². The number of nitrogens with one attached hydrogen (secondary N) is 1. The number of hydrogen-bond donors (Lipinski definition) is 1. The molecule has 0 radical (unpaired) electrons. The van der Waals surface area contributed by atoms with E-state index in [0.717, 1.165) is 18.4 Å². The van der Waals surface area contributed by atoms with Crippen molar-refractivity contribution in [3.8, 4) is 5.88 Å². The second kappa shape index (κ2) is 6.35. The Bertz CT molecular complexity index is 874. The zero-order chi connectivity index (χ0) is 18.5. The first kappa shape index (κ1) is 17.5.